The number of ether oxygens (including phenoxy) is 1. The van der Waals surface area contributed by atoms with Crippen LogP contribution in [0.4, 0.5) is 0 Å². The molecule has 0 aromatic carbocycles. The molecule has 1 saturated carbocycles. The summed E-state index contributed by atoms with van der Waals surface area (Å²) in [5.74, 6) is 0.830. The quantitative estimate of drug-likeness (QED) is 0.513. The van der Waals surface area contributed by atoms with Gasteiger partial charge in [0.25, 0.3) is 0 Å². The van der Waals surface area contributed by atoms with E-state index < -0.39 is 0 Å². The molecule has 1 rings (SSSR count). The highest BCUT2D eigenvalue weighted by atomic mass is 16.5. The second-order valence-corrected chi connectivity index (χ2v) is 2.58. The van der Waals surface area contributed by atoms with Crippen molar-refractivity contribution in [2.75, 3.05) is 19.8 Å². The van der Waals surface area contributed by atoms with Crippen molar-refractivity contribution in [1.29, 1.82) is 0 Å². The molecule has 53 valence electrons. The van der Waals surface area contributed by atoms with E-state index in [1.165, 1.54) is 12.8 Å². The van der Waals surface area contributed by atoms with Crippen LogP contribution in [0.3, 0.4) is 0 Å². The Bertz CT molecular complexity index is 69.3. The summed E-state index contributed by atoms with van der Waals surface area (Å²) in [6.45, 7) is 1.56. The van der Waals surface area contributed by atoms with Gasteiger partial charge < -0.3 is 4.74 Å². The minimum Gasteiger partial charge on any atom is -0.381 e. The Morgan fingerprint density at radius 1 is 1.44 bits per heavy atom. The lowest BCUT2D eigenvalue weighted by atomic mass is 10.4. The predicted octanol–water partition coefficient (Wildman–Crippen LogP) is 1.23. The van der Waals surface area contributed by atoms with Crippen LogP contribution in [0.1, 0.15) is 19.3 Å². The van der Waals surface area contributed by atoms with Crippen LogP contribution in [0.25, 0.3) is 0 Å². The Morgan fingerprint density at radius 3 is 2.78 bits per heavy atom. The van der Waals surface area contributed by atoms with Gasteiger partial charge in [0.15, 0.2) is 0 Å². The van der Waals surface area contributed by atoms with E-state index in [4.69, 9.17) is 4.74 Å². The third-order valence-electron chi connectivity index (χ3n) is 1.48. The van der Waals surface area contributed by atoms with E-state index in [1.54, 1.807) is 0 Å². The van der Waals surface area contributed by atoms with Crippen LogP contribution in [0.5, 0.6) is 0 Å². The van der Waals surface area contributed by atoms with Crippen LogP contribution in [0.2, 0.25) is 0 Å². The van der Waals surface area contributed by atoms with E-state index in [0.717, 1.165) is 12.5 Å². The zero-order chi connectivity index (χ0) is 6.53. The molecule has 1 radical (unpaired) electrons. The lowest BCUT2D eigenvalue weighted by Crippen LogP contribution is -1.99. The van der Waals surface area contributed by atoms with Gasteiger partial charge in [0, 0.05) is 13.2 Å². The molecule has 2 heteroatoms. The van der Waals surface area contributed by atoms with E-state index in [9.17, 15) is 5.11 Å². The van der Waals surface area contributed by atoms with Gasteiger partial charge in [-0.3, -0.25) is 0 Å². The van der Waals surface area contributed by atoms with Crippen LogP contribution in [-0.2, 0) is 9.84 Å². The van der Waals surface area contributed by atoms with Gasteiger partial charge in [-0.2, -0.15) is 0 Å². The molecule has 0 aromatic heterocycles. The third-order valence-corrected chi connectivity index (χ3v) is 1.48. The number of hydrogen-bond donors (Lipinski definition) is 0. The maximum atomic E-state index is 9.91. The molecule has 1 aliphatic rings. The van der Waals surface area contributed by atoms with E-state index in [2.05, 4.69) is 0 Å². The van der Waals surface area contributed by atoms with Crippen molar-refractivity contribution in [2.24, 2.45) is 5.92 Å². The van der Waals surface area contributed by atoms with Crippen molar-refractivity contribution in [3.8, 4) is 0 Å². The molecule has 0 heterocycles. The normalized spacial score (nSPS) is 18.3. The molecule has 0 saturated heterocycles. The molecule has 0 bridgehead atoms. The molecule has 0 unspecified atom stereocenters. The largest absolute Gasteiger partial charge is 0.381 e. The third kappa shape index (κ3) is 3.49. The first-order valence-corrected chi connectivity index (χ1v) is 3.59. The van der Waals surface area contributed by atoms with Gasteiger partial charge >= 0.3 is 0 Å². The zero-order valence-corrected chi connectivity index (χ0v) is 5.64. The fourth-order valence-electron chi connectivity index (χ4n) is 0.696. The molecule has 0 atom stereocenters. The molecular weight excluding hydrogens is 116 g/mol. The molecule has 1 fully saturated rings. The van der Waals surface area contributed by atoms with Crippen LogP contribution >= 0.6 is 0 Å². The molecular formula is C7H13O2. The minimum absolute atomic E-state index is 0.00463. The molecule has 1 aliphatic carbocycles. The fraction of sp³-hybridized carbons (Fsp3) is 1.00. The second kappa shape index (κ2) is 3.85. The monoisotopic (exact) mass is 129 g/mol. The Balaban J connectivity index is 1.71. The van der Waals surface area contributed by atoms with Gasteiger partial charge in [-0.25, -0.2) is 5.11 Å². The summed E-state index contributed by atoms with van der Waals surface area (Å²) >= 11 is 0. The van der Waals surface area contributed by atoms with Crippen molar-refractivity contribution in [3.63, 3.8) is 0 Å². The highest BCUT2D eigenvalue weighted by Crippen LogP contribution is 2.28. The molecule has 0 N–H and O–H groups in total. The summed E-state index contributed by atoms with van der Waals surface area (Å²) in [6, 6.07) is 0. The van der Waals surface area contributed by atoms with Gasteiger partial charge in [-0.1, -0.05) is 0 Å². The van der Waals surface area contributed by atoms with Crippen molar-refractivity contribution in [3.05, 3.63) is 0 Å². The first kappa shape index (κ1) is 7.03. The Morgan fingerprint density at radius 2 is 2.22 bits per heavy atom. The zero-order valence-electron chi connectivity index (χ0n) is 5.64. The summed E-state index contributed by atoms with van der Waals surface area (Å²) in [7, 11) is 0. The van der Waals surface area contributed by atoms with Crippen molar-refractivity contribution in [1.82, 2.24) is 0 Å². The highest BCUT2D eigenvalue weighted by molar-refractivity contribution is 4.71. The van der Waals surface area contributed by atoms with E-state index in [1.807, 2.05) is 0 Å². The van der Waals surface area contributed by atoms with Gasteiger partial charge in [0.05, 0.1) is 6.61 Å². The Hall–Kier alpha value is -0.0800. The second-order valence-electron chi connectivity index (χ2n) is 2.58. The number of hydrogen-bond acceptors (Lipinski definition) is 1. The first-order chi connectivity index (χ1) is 4.43. The average Bonchev–Trinajstić information content (AvgIpc) is 2.63. The van der Waals surface area contributed by atoms with Crippen molar-refractivity contribution >= 4 is 0 Å². The standard InChI is InChI=1S/C7H13O2/c8-4-1-5-9-6-7-2-3-7/h7H,1-6H2. The molecule has 0 aromatic rings. The molecule has 0 amide bonds. The van der Waals surface area contributed by atoms with E-state index in [0.29, 0.717) is 13.0 Å². The Labute approximate surface area is 55.8 Å². The smallest absolute Gasteiger partial charge is 0.0844 e. The summed E-state index contributed by atoms with van der Waals surface area (Å²) in [4.78, 5) is 0. The molecule has 0 spiro atoms. The summed E-state index contributed by atoms with van der Waals surface area (Å²) < 4.78 is 5.20. The summed E-state index contributed by atoms with van der Waals surface area (Å²) in [5, 5.41) is 9.91. The average molecular weight is 129 g/mol. The van der Waals surface area contributed by atoms with Crippen LogP contribution in [-0.4, -0.2) is 19.8 Å². The van der Waals surface area contributed by atoms with Crippen LogP contribution in [0.15, 0.2) is 0 Å². The maximum Gasteiger partial charge on any atom is 0.0844 e. The fourth-order valence-corrected chi connectivity index (χ4v) is 0.696. The summed E-state index contributed by atoms with van der Waals surface area (Å²) in [6.07, 6.45) is 3.33. The Kier molecular flexibility index (Phi) is 3.01. The highest BCUT2D eigenvalue weighted by Gasteiger charge is 2.20. The summed E-state index contributed by atoms with van der Waals surface area (Å²) in [5.41, 5.74) is 0. The van der Waals surface area contributed by atoms with Crippen LogP contribution < -0.4 is 0 Å². The van der Waals surface area contributed by atoms with E-state index in [-0.39, 0.29) is 6.61 Å². The lowest BCUT2D eigenvalue weighted by Gasteiger charge is -1.98. The number of rotatable bonds is 5. The molecule has 0 aliphatic heterocycles. The van der Waals surface area contributed by atoms with Crippen molar-refractivity contribution in [2.45, 2.75) is 19.3 Å². The van der Waals surface area contributed by atoms with Gasteiger partial charge in [-0.15, -0.1) is 0 Å². The SMILES string of the molecule is [O]CCCOCC1CC1. The first-order valence-electron chi connectivity index (χ1n) is 3.59. The minimum atomic E-state index is 0.00463. The predicted molar refractivity (Wildman–Crippen MR) is 33.7 cm³/mol. The maximum absolute atomic E-state index is 9.91. The topological polar surface area (TPSA) is 29.1 Å². The van der Waals surface area contributed by atoms with Gasteiger partial charge in [0.1, 0.15) is 0 Å². The lowest BCUT2D eigenvalue weighted by molar-refractivity contribution is 0.0926. The molecule has 9 heavy (non-hydrogen) atoms. The van der Waals surface area contributed by atoms with Crippen molar-refractivity contribution < 1.29 is 9.84 Å². The molecule has 2 nitrogen and oxygen atoms in total. The van der Waals surface area contributed by atoms with E-state index >= 15 is 0 Å². The van der Waals surface area contributed by atoms with Gasteiger partial charge in [0.2, 0.25) is 0 Å². The van der Waals surface area contributed by atoms with Gasteiger partial charge in [-0.05, 0) is 25.2 Å². The van der Waals surface area contributed by atoms with Crippen LogP contribution in [0, 0.1) is 5.92 Å².